The molecule has 1 aromatic rings. The molecule has 1 heterocycles. The summed E-state index contributed by atoms with van der Waals surface area (Å²) in [5.74, 6) is 0.225. The number of nitrogens with one attached hydrogen (secondary N) is 2. The molecule has 28 heavy (non-hydrogen) atoms. The second-order valence-corrected chi connectivity index (χ2v) is 7.92. The molecular weight excluding hydrogens is 354 g/mol. The summed E-state index contributed by atoms with van der Waals surface area (Å²) in [5, 5.41) is 6.03. The maximum Gasteiger partial charge on any atom is 0.227 e. The fraction of sp³-hybridized carbons (Fsp3) is 0.636. The molecule has 1 saturated carbocycles. The van der Waals surface area contributed by atoms with Gasteiger partial charge >= 0.3 is 0 Å². The van der Waals surface area contributed by atoms with Gasteiger partial charge in [-0.25, -0.2) is 0 Å². The third-order valence-corrected chi connectivity index (χ3v) is 5.90. The van der Waals surface area contributed by atoms with Crippen molar-refractivity contribution in [1.82, 2.24) is 5.32 Å². The molecule has 6 heteroatoms. The van der Waals surface area contributed by atoms with E-state index < -0.39 is 0 Å². The molecule has 0 unspecified atom stereocenters. The molecule has 2 aliphatic rings. The summed E-state index contributed by atoms with van der Waals surface area (Å²) in [4.78, 5) is 27.2. The van der Waals surface area contributed by atoms with E-state index in [1.165, 1.54) is 18.5 Å². The Morgan fingerprint density at radius 3 is 2.21 bits per heavy atom. The predicted octanol–water partition coefficient (Wildman–Crippen LogP) is 3.18. The van der Waals surface area contributed by atoms with Gasteiger partial charge in [0.1, 0.15) is 0 Å². The summed E-state index contributed by atoms with van der Waals surface area (Å²) in [6.07, 6.45) is 6.45. The Morgan fingerprint density at radius 2 is 1.61 bits per heavy atom. The minimum atomic E-state index is -0.00389. The van der Waals surface area contributed by atoms with Crippen LogP contribution in [-0.4, -0.2) is 45.2 Å². The van der Waals surface area contributed by atoms with Crippen LogP contribution >= 0.6 is 0 Å². The summed E-state index contributed by atoms with van der Waals surface area (Å²) in [7, 11) is 1.66. The average molecular weight is 388 g/mol. The van der Waals surface area contributed by atoms with Crippen LogP contribution in [0.3, 0.4) is 0 Å². The SMILES string of the molecule is COCCCNC(=O)C1CCC(C(=O)Nc2ccc(N3CCCC3)cc2)CC1. The van der Waals surface area contributed by atoms with Crippen LogP contribution in [0.1, 0.15) is 44.9 Å². The number of anilines is 2. The van der Waals surface area contributed by atoms with Gasteiger partial charge in [-0.05, 0) is 69.2 Å². The number of carbonyl (C=O) groups excluding carboxylic acids is 2. The van der Waals surface area contributed by atoms with Crippen molar-refractivity contribution in [3.63, 3.8) is 0 Å². The van der Waals surface area contributed by atoms with Crippen molar-refractivity contribution >= 4 is 23.2 Å². The number of rotatable bonds is 8. The standard InChI is InChI=1S/C22H33N3O3/c1-28-16-4-13-23-21(26)17-5-7-18(8-6-17)22(27)24-19-9-11-20(12-10-19)25-14-2-3-15-25/h9-12,17-18H,2-8,13-16H2,1H3,(H,23,26)(H,24,27). The molecule has 2 N–H and O–H groups in total. The summed E-state index contributed by atoms with van der Waals surface area (Å²) in [6.45, 7) is 3.55. The molecule has 1 aliphatic heterocycles. The van der Waals surface area contributed by atoms with Crippen LogP contribution in [0.15, 0.2) is 24.3 Å². The van der Waals surface area contributed by atoms with E-state index in [2.05, 4.69) is 27.7 Å². The van der Waals surface area contributed by atoms with Crippen LogP contribution in [0.25, 0.3) is 0 Å². The first-order valence-corrected chi connectivity index (χ1v) is 10.6. The number of ether oxygens (including phenoxy) is 1. The quantitative estimate of drug-likeness (QED) is 0.672. The third-order valence-electron chi connectivity index (χ3n) is 5.90. The van der Waals surface area contributed by atoms with Gasteiger partial charge in [-0.3, -0.25) is 9.59 Å². The van der Waals surface area contributed by atoms with E-state index in [-0.39, 0.29) is 23.7 Å². The maximum absolute atomic E-state index is 12.6. The van der Waals surface area contributed by atoms with Crippen molar-refractivity contribution in [1.29, 1.82) is 0 Å². The number of hydrogen-bond acceptors (Lipinski definition) is 4. The number of carbonyl (C=O) groups is 2. The Hall–Kier alpha value is -2.08. The van der Waals surface area contributed by atoms with Gasteiger partial charge in [-0.15, -0.1) is 0 Å². The zero-order valence-electron chi connectivity index (χ0n) is 16.9. The highest BCUT2D eigenvalue weighted by molar-refractivity contribution is 5.93. The molecule has 3 rings (SSSR count). The smallest absolute Gasteiger partial charge is 0.227 e. The second kappa shape index (κ2) is 10.5. The van der Waals surface area contributed by atoms with Gasteiger partial charge in [-0.1, -0.05) is 0 Å². The number of amides is 2. The Labute approximate surface area is 168 Å². The molecule has 0 spiro atoms. The zero-order valence-corrected chi connectivity index (χ0v) is 16.9. The van der Waals surface area contributed by atoms with E-state index in [1.54, 1.807) is 7.11 Å². The molecule has 6 nitrogen and oxygen atoms in total. The highest BCUT2D eigenvalue weighted by Crippen LogP contribution is 2.30. The predicted molar refractivity (Wildman–Crippen MR) is 111 cm³/mol. The second-order valence-electron chi connectivity index (χ2n) is 7.92. The summed E-state index contributed by atoms with van der Waals surface area (Å²) < 4.78 is 4.99. The Bertz CT molecular complexity index is 633. The fourth-order valence-electron chi connectivity index (χ4n) is 4.17. The van der Waals surface area contributed by atoms with E-state index in [4.69, 9.17) is 4.74 Å². The highest BCUT2D eigenvalue weighted by Gasteiger charge is 2.29. The van der Waals surface area contributed by atoms with Gasteiger partial charge in [-0.2, -0.15) is 0 Å². The van der Waals surface area contributed by atoms with Crippen molar-refractivity contribution < 1.29 is 14.3 Å². The number of hydrogen-bond donors (Lipinski definition) is 2. The van der Waals surface area contributed by atoms with E-state index in [0.29, 0.717) is 13.2 Å². The Balaban J connectivity index is 1.40. The summed E-state index contributed by atoms with van der Waals surface area (Å²) >= 11 is 0. The van der Waals surface area contributed by atoms with Gasteiger partial charge in [0, 0.05) is 56.6 Å². The first kappa shape index (κ1) is 20.6. The van der Waals surface area contributed by atoms with Gasteiger partial charge in [0.2, 0.25) is 11.8 Å². The first-order valence-electron chi connectivity index (χ1n) is 10.6. The molecule has 0 radical (unpaired) electrons. The van der Waals surface area contributed by atoms with Crippen LogP contribution in [-0.2, 0) is 14.3 Å². The van der Waals surface area contributed by atoms with Crippen molar-refractivity contribution in [3.05, 3.63) is 24.3 Å². The lowest BCUT2D eigenvalue weighted by molar-refractivity contribution is -0.128. The molecule has 154 valence electrons. The molecular formula is C22H33N3O3. The Kier molecular flexibility index (Phi) is 7.71. The number of benzene rings is 1. The topological polar surface area (TPSA) is 70.7 Å². The van der Waals surface area contributed by atoms with Gasteiger partial charge in [0.05, 0.1) is 0 Å². The van der Waals surface area contributed by atoms with Gasteiger partial charge < -0.3 is 20.3 Å². The molecule has 0 atom stereocenters. The molecule has 1 aliphatic carbocycles. The lowest BCUT2D eigenvalue weighted by Crippen LogP contribution is -2.36. The van der Waals surface area contributed by atoms with E-state index in [9.17, 15) is 9.59 Å². The minimum absolute atomic E-state index is 0.00389. The molecule has 1 aromatic carbocycles. The van der Waals surface area contributed by atoms with Crippen LogP contribution in [0, 0.1) is 11.8 Å². The van der Waals surface area contributed by atoms with Crippen molar-refractivity contribution in [2.45, 2.75) is 44.9 Å². The monoisotopic (exact) mass is 387 g/mol. The number of methoxy groups -OCH3 is 1. The Morgan fingerprint density at radius 1 is 1.00 bits per heavy atom. The van der Waals surface area contributed by atoms with Crippen molar-refractivity contribution in [2.24, 2.45) is 11.8 Å². The molecule has 0 bridgehead atoms. The summed E-state index contributed by atoms with van der Waals surface area (Å²) in [6, 6.07) is 8.16. The molecule has 1 saturated heterocycles. The van der Waals surface area contributed by atoms with Crippen molar-refractivity contribution in [2.75, 3.05) is 43.6 Å². The third kappa shape index (κ3) is 5.71. The van der Waals surface area contributed by atoms with Gasteiger partial charge in [0.25, 0.3) is 0 Å². The molecule has 2 amide bonds. The highest BCUT2D eigenvalue weighted by atomic mass is 16.5. The fourth-order valence-corrected chi connectivity index (χ4v) is 4.17. The van der Waals surface area contributed by atoms with Crippen LogP contribution in [0.4, 0.5) is 11.4 Å². The van der Waals surface area contributed by atoms with Crippen molar-refractivity contribution in [3.8, 4) is 0 Å². The van der Waals surface area contributed by atoms with E-state index in [1.807, 2.05) is 12.1 Å². The normalized spacial score (nSPS) is 22.1. The first-order chi connectivity index (χ1) is 13.7. The molecule has 0 aromatic heterocycles. The average Bonchev–Trinajstić information content (AvgIpc) is 3.26. The lowest BCUT2D eigenvalue weighted by atomic mass is 9.81. The minimum Gasteiger partial charge on any atom is -0.385 e. The van der Waals surface area contributed by atoms with Crippen LogP contribution in [0.5, 0.6) is 0 Å². The van der Waals surface area contributed by atoms with Crippen LogP contribution < -0.4 is 15.5 Å². The zero-order chi connectivity index (χ0) is 19.8. The molecule has 2 fully saturated rings. The van der Waals surface area contributed by atoms with Crippen LogP contribution in [0.2, 0.25) is 0 Å². The van der Waals surface area contributed by atoms with E-state index in [0.717, 1.165) is 50.9 Å². The number of nitrogens with zero attached hydrogens (tertiary/aromatic N) is 1. The van der Waals surface area contributed by atoms with E-state index >= 15 is 0 Å². The van der Waals surface area contributed by atoms with Gasteiger partial charge in [0.15, 0.2) is 0 Å². The summed E-state index contributed by atoms with van der Waals surface area (Å²) in [5.41, 5.74) is 2.08. The lowest BCUT2D eigenvalue weighted by Gasteiger charge is -2.27. The maximum atomic E-state index is 12.6. The largest absolute Gasteiger partial charge is 0.385 e.